The average Bonchev–Trinajstić information content (AvgIpc) is 3.59. The van der Waals surface area contributed by atoms with Crippen molar-refractivity contribution in [2.24, 2.45) is 5.92 Å². The van der Waals surface area contributed by atoms with Crippen LogP contribution in [0.1, 0.15) is 58.7 Å². The number of anilines is 1. The molecule has 3 aromatic rings. The molecule has 0 saturated heterocycles. The lowest BCUT2D eigenvalue weighted by Crippen LogP contribution is -2.26. The number of ether oxygens (including phenoxy) is 1. The van der Waals surface area contributed by atoms with E-state index in [4.69, 9.17) is 9.26 Å². The first-order valence-electron chi connectivity index (χ1n) is 10.8. The van der Waals surface area contributed by atoms with Gasteiger partial charge < -0.3 is 19.9 Å². The summed E-state index contributed by atoms with van der Waals surface area (Å²) in [5.41, 5.74) is 4.03. The maximum absolute atomic E-state index is 12.6. The highest BCUT2D eigenvalue weighted by molar-refractivity contribution is 5.95. The van der Waals surface area contributed by atoms with Crippen LogP contribution < -0.4 is 15.4 Å². The van der Waals surface area contributed by atoms with Gasteiger partial charge >= 0.3 is 0 Å². The van der Waals surface area contributed by atoms with Crippen LogP contribution in [0, 0.1) is 19.8 Å². The lowest BCUT2D eigenvalue weighted by atomic mass is 10.1. The van der Waals surface area contributed by atoms with Gasteiger partial charge in [-0.05, 0) is 75.6 Å². The fraction of sp³-hybridized carbons (Fsp3) is 0.320. The summed E-state index contributed by atoms with van der Waals surface area (Å²) in [6.45, 7) is 6.02. The first kappa shape index (κ1) is 21.6. The molecular formula is C25H27N3O4. The van der Waals surface area contributed by atoms with Gasteiger partial charge in [0.2, 0.25) is 5.91 Å². The molecule has 0 radical (unpaired) electrons. The molecule has 1 saturated carbocycles. The van der Waals surface area contributed by atoms with E-state index in [2.05, 4.69) is 15.8 Å². The van der Waals surface area contributed by atoms with Crippen molar-refractivity contribution in [3.05, 3.63) is 76.7 Å². The largest absolute Gasteiger partial charge is 0.489 e. The SMILES string of the molecule is Cc1noc(C)c1COc1ccc(C(=O)NC(C)c2ccc(NC(=O)C3CC3)cc2)cc1. The number of carbonyl (C=O) groups is 2. The van der Waals surface area contributed by atoms with Crippen LogP contribution in [0.4, 0.5) is 5.69 Å². The van der Waals surface area contributed by atoms with Crippen molar-refractivity contribution in [1.82, 2.24) is 10.5 Å². The third-order valence-electron chi connectivity index (χ3n) is 5.65. The van der Waals surface area contributed by atoms with Gasteiger partial charge in [0.1, 0.15) is 18.1 Å². The average molecular weight is 434 g/mol. The highest BCUT2D eigenvalue weighted by Gasteiger charge is 2.29. The number of benzene rings is 2. The molecule has 0 bridgehead atoms. The van der Waals surface area contributed by atoms with E-state index >= 15 is 0 Å². The zero-order valence-electron chi connectivity index (χ0n) is 18.5. The van der Waals surface area contributed by atoms with Crippen molar-refractivity contribution in [3.8, 4) is 5.75 Å². The maximum atomic E-state index is 12.6. The molecule has 0 aliphatic heterocycles. The zero-order chi connectivity index (χ0) is 22.7. The first-order valence-corrected chi connectivity index (χ1v) is 10.8. The quantitative estimate of drug-likeness (QED) is 0.537. The molecule has 32 heavy (non-hydrogen) atoms. The molecular weight excluding hydrogens is 406 g/mol. The van der Waals surface area contributed by atoms with Gasteiger partial charge in [-0.1, -0.05) is 17.3 Å². The number of nitrogens with zero attached hydrogens (tertiary/aromatic N) is 1. The predicted octanol–water partition coefficient (Wildman–Crippen LogP) is 4.71. The Bertz CT molecular complexity index is 1080. The number of hydrogen-bond donors (Lipinski definition) is 2. The van der Waals surface area contributed by atoms with Crippen molar-refractivity contribution in [2.45, 2.75) is 46.3 Å². The zero-order valence-corrected chi connectivity index (χ0v) is 18.5. The maximum Gasteiger partial charge on any atom is 0.251 e. The number of hydrogen-bond acceptors (Lipinski definition) is 5. The van der Waals surface area contributed by atoms with Crippen LogP contribution in [0.3, 0.4) is 0 Å². The van der Waals surface area contributed by atoms with Crippen LogP contribution in [0.15, 0.2) is 53.1 Å². The molecule has 1 aliphatic rings. The highest BCUT2D eigenvalue weighted by Crippen LogP contribution is 2.30. The van der Waals surface area contributed by atoms with E-state index in [0.29, 0.717) is 17.9 Å². The summed E-state index contributed by atoms with van der Waals surface area (Å²) in [7, 11) is 0. The first-order chi connectivity index (χ1) is 15.4. The monoisotopic (exact) mass is 433 g/mol. The molecule has 1 unspecified atom stereocenters. The Hall–Kier alpha value is -3.61. The molecule has 1 atom stereocenters. The van der Waals surface area contributed by atoms with Crippen molar-refractivity contribution in [2.75, 3.05) is 5.32 Å². The Morgan fingerprint density at radius 1 is 1.09 bits per heavy atom. The molecule has 2 amide bonds. The second kappa shape index (κ2) is 9.26. The van der Waals surface area contributed by atoms with E-state index in [1.807, 2.05) is 45.0 Å². The fourth-order valence-electron chi connectivity index (χ4n) is 3.37. The van der Waals surface area contributed by atoms with Crippen molar-refractivity contribution in [3.63, 3.8) is 0 Å². The highest BCUT2D eigenvalue weighted by atomic mass is 16.5. The van der Waals surface area contributed by atoms with Gasteiger partial charge in [-0.3, -0.25) is 9.59 Å². The molecule has 2 N–H and O–H groups in total. The van der Waals surface area contributed by atoms with Crippen LogP contribution in [-0.2, 0) is 11.4 Å². The smallest absolute Gasteiger partial charge is 0.251 e. The summed E-state index contributed by atoms with van der Waals surface area (Å²) in [6.07, 6.45) is 1.95. The van der Waals surface area contributed by atoms with Crippen LogP contribution in [0.25, 0.3) is 0 Å². The van der Waals surface area contributed by atoms with Gasteiger partial charge in [0, 0.05) is 17.2 Å². The molecule has 0 spiro atoms. The Morgan fingerprint density at radius 3 is 2.38 bits per heavy atom. The minimum atomic E-state index is -0.175. The topological polar surface area (TPSA) is 93.5 Å². The number of rotatable bonds is 8. The van der Waals surface area contributed by atoms with Crippen molar-refractivity contribution in [1.29, 1.82) is 0 Å². The lowest BCUT2D eigenvalue weighted by Gasteiger charge is -2.15. The Morgan fingerprint density at radius 2 is 1.78 bits per heavy atom. The third-order valence-corrected chi connectivity index (χ3v) is 5.65. The second-order valence-electron chi connectivity index (χ2n) is 8.20. The molecule has 4 rings (SSSR count). The van der Waals surface area contributed by atoms with Crippen LogP contribution in [0.2, 0.25) is 0 Å². The predicted molar refractivity (Wildman–Crippen MR) is 120 cm³/mol. The van der Waals surface area contributed by atoms with Crippen molar-refractivity contribution >= 4 is 17.5 Å². The Kier molecular flexibility index (Phi) is 6.25. The molecule has 1 aliphatic carbocycles. The number of carbonyl (C=O) groups excluding carboxylic acids is 2. The minimum absolute atomic E-state index is 0.0817. The summed E-state index contributed by atoms with van der Waals surface area (Å²) in [5.74, 6) is 1.49. The lowest BCUT2D eigenvalue weighted by molar-refractivity contribution is -0.117. The van der Waals surface area contributed by atoms with E-state index in [9.17, 15) is 9.59 Å². The fourth-order valence-corrected chi connectivity index (χ4v) is 3.37. The molecule has 1 fully saturated rings. The van der Waals surface area contributed by atoms with Gasteiger partial charge in [0.15, 0.2) is 0 Å². The van der Waals surface area contributed by atoms with E-state index in [0.717, 1.165) is 41.1 Å². The van der Waals surface area contributed by atoms with E-state index in [1.54, 1.807) is 24.3 Å². The number of aryl methyl sites for hydroxylation is 2. The van der Waals surface area contributed by atoms with Crippen LogP contribution in [0.5, 0.6) is 5.75 Å². The third kappa shape index (κ3) is 5.17. The molecule has 166 valence electrons. The minimum Gasteiger partial charge on any atom is -0.489 e. The van der Waals surface area contributed by atoms with E-state index in [-0.39, 0.29) is 23.8 Å². The molecule has 1 aromatic heterocycles. The molecule has 7 nitrogen and oxygen atoms in total. The number of aromatic nitrogens is 1. The van der Waals surface area contributed by atoms with E-state index < -0.39 is 0 Å². The second-order valence-corrected chi connectivity index (χ2v) is 8.20. The molecule has 2 aromatic carbocycles. The standard InChI is InChI=1S/C25H27N3O4/c1-15(18-6-10-21(11-7-18)27-25(30)19-4-5-19)26-24(29)20-8-12-22(13-9-20)31-14-23-16(2)28-32-17(23)3/h6-13,15,19H,4-5,14H2,1-3H3,(H,26,29)(H,27,30). The summed E-state index contributed by atoms with van der Waals surface area (Å²) in [4.78, 5) is 24.5. The number of amides is 2. The molecule has 7 heteroatoms. The van der Waals surface area contributed by atoms with Gasteiger partial charge in [0.05, 0.1) is 17.3 Å². The summed E-state index contributed by atoms with van der Waals surface area (Å²) >= 11 is 0. The Balaban J connectivity index is 1.30. The van der Waals surface area contributed by atoms with Crippen molar-refractivity contribution < 1.29 is 18.8 Å². The normalized spacial score (nSPS) is 14.0. The summed E-state index contributed by atoms with van der Waals surface area (Å²) in [6, 6.07) is 14.4. The van der Waals surface area contributed by atoms with Gasteiger partial charge in [-0.2, -0.15) is 0 Å². The van der Waals surface area contributed by atoms with E-state index in [1.165, 1.54) is 0 Å². The number of nitrogens with one attached hydrogen (secondary N) is 2. The van der Waals surface area contributed by atoms with Crippen LogP contribution in [-0.4, -0.2) is 17.0 Å². The van der Waals surface area contributed by atoms with Gasteiger partial charge in [0.25, 0.3) is 5.91 Å². The summed E-state index contributed by atoms with van der Waals surface area (Å²) < 4.78 is 10.9. The Labute approximate surface area is 187 Å². The van der Waals surface area contributed by atoms with Gasteiger partial charge in [-0.15, -0.1) is 0 Å². The van der Waals surface area contributed by atoms with Gasteiger partial charge in [-0.25, -0.2) is 0 Å². The van der Waals surface area contributed by atoms with Crippen LogP contribution >= 0.6 is 0 Å². The summed E-state index contributed by atoms with van der Waals surface area (Å²) in [5, 5.41) is 9.84. The molecule has 1 heterocycles.